The van der Waals surface area contributed by atoms with Crippen LogP contribution in [0.2, 0.25) is 30.7 Å². The van der Waals surface area contributed by atoms with Gasteiger partial charge in [-0.05, 0) is 82.4 Å². The van der Waals surface area contributed by atoms with Crippen LogP contribution in [-0.4, -0.2) is 68.0 Å². The predicted octanol–water partition coefficient (Wildman–Crippen LogP) is 8.10. The molecular weight excluding hydrogens is 602 g/mol. The van der Waals surface area contributed by atoms with Gasteiger partial charge in [0.2, 0.25) is 0 Å². The van der Waals surface area contributed by atoms with E-state index in [-0.39, 0.29) is 0 Å². The molecular formula is C34H42ClN7O2Si. The van der Waals surface area contributed by atoms with E-state index in [2.05, 4.69) is 45.0 Å². The number of imidazole rings is 1. The van der Waals surface area contributed by atoms with Gasteiger partial charge in [0.1, 0.15) is 34.6 Å². The molecule has 1 aliphatic heterocycles. The molecule has 9 nitrogen and oxygen atoms in total. The highest BCUT2D eigenvalue weighted by atomic mass is 35.5. The number of likely N-dealkylation sites (tertiary alicyclic amines) is 1. The fourth-order valence-electron chi connectivity index (χ4n) is 6.42. The summed E-state index contributed by atoms with van der Waals surface area (Å²) in [5.74, 6) is 2.10. The Morgan fingerprint density at radius 2 is 1.73 bits per heavy atom. The summed E-state index contributed by atoms with van der Waals surface area (Å²) in [6.07, 6.45) is 12.0. The van der Waals surface area contributed by atoms with Crippen molar-refractivity contribution in [3.05, 3.63) is 59.8 Å². The van der Waals surface area contributed by atoms with E-state index in [1.165, 1.54) is 32.4 Å². The van der Waals surface area contributed by atoms with E-state index in [0.29, 0.717) is 40.3 Å². The van der Waals surface area contributed by atoms with Gasteiger partial charge in [-0.2, -0.15) is 5.10 Å². The molecule has 0 bridgehead atoms. The van der Waals surface area contributed by atoms with E-state index in [0.717, 1.165) is 59.6 Å². The summed E-state index contributed by atoms with van der Waals surface area (Å²) in [6.45, 7) is 12.8. The molecule has 4 heterocycles. The van der Waals surface area contributed by atoms with Gasteiger partial charge in [0.25, 0.3) is 0 Å². The molecule has 5 aromatic rings. The largest absolute Gasteiger partial charge is 0.456 e. The molecule has 0 unspecified atom stereocenters. The smallest absolute Gasteiger partial charge is 0.148 e. The zero-order chi connectivity index (χ0) is 31.1. The zero-order valence-corrected chi connectivity index (χ0v) is 28.4. The standard InChI is InChI=1S/C34H42ClN7O2Si/c1-23-38-28-11-10-27(18-31(28)41(23)22-43-16-17-45(2,3)4)44-32-13-12-29-34(33(32)35)39-30(20-36-29)24-19-37-42(21-24)26-8-6-25(7-9-26)40-14-5-15-40/h10-13,18-21,25-26H,5-9,14-17,22H2,1-4H3. The van der Waals surface area contributed by atoms with Crippen molar-refractivity contribution < 1.29 is 9.47 Å². The Bertz CT molecular complexity index is 1820. The number of nitrogens with zero attached hydrogens (tertiary/aromatic N) is 7. The summed E-state index contributed by atoms with van der Waals surface area (Å²) >= 11 is 6.92. The van der Waals surface area contributed by atoms with Gasteiger partial charge in [-0.25, -0.2) is 9.97 Å². The van der Waals surface area contributed by atoms with Gasteiger partial charge < -0.3 is 18.9 Å². The SMILES string of the molecule is Cc1nc2ccc(Oc3ccc4ncc(-c5cnn(C6CCC(N7CCC7)CC6)c5)nc4c3Cl)cc2n1COCC[Si](C)(C)C. The summed E-state index contributed by atoms with van der Waals surface area (Å²) in [4.78, 5) is 16.9. The summed E-state index contributed by atoms with van der Waals surface area (Å²) in [5, 5.41) is 5.16. The first-order chi connectivity index (χ1) is 21.7. The van der Waals surface area contributed by atoms with Crippen LogP contribution < -0.4 is 4.74 Å². The molecule has 11 heteroatoms. The Kier molecular flexibility index (Phi) is 8.41. The molecule has 1 aliphatic carbocycles. The molecule has 3 aromatic heterocycles. The number of rotatable bonds is 10. The molecule has 45 heavy (non-hydrogen) atoms. The number of hydrogen-bond donors (Lipinski definition) is 0. The van der Waals surface area contributed by atoms with Crippen molar-refractivity contribution in [1.29, 1.82) is 0 Å². The van der Waals surface area contributed by atoms with Gasteiger partial charge in [-0.3, -0.25) is 9.67 Å². The lowest BCUT2D eigenvalue weighted by molar-refractivity contribution is 0.0787. The van der Waals surface area contributed by atoms with Crippen molar-refractivity contribution in [3.63, 3.8) is 0 Å². The number of benzene rings is 2. The minimum Gasteiger partial charge on any atom is -0.456 e. The van der Waals surface area contributed by atoms with E-state index >= 15 is 0 Å². The third-order valence-electron chi connectivity index (χ3n) is 9.32. The first-order valence-corrected chi connectivity index (χ1v) is 20.3. The third kappa shape index (κ3) is 6.51. The second-order valence-corrected chi connectivity index (χ2v) is 19.7. The van der Waals surface area contributed by atoms with Crippen LogP contribution in [0.15, 0.2) is 48.9 Å². The van der Waals surface area contributed by atoms with Crippen molar-refractivity contribution in [2.45, 2.75) is 83.5 Å². The molecule has 7 rings (SSSR count). The zero-order valence-electron chi connectivity index (χ0n) is 26.7. The van der Waals surface area contributed by atoms with Gasteiger partial charge >= 0.3 is 0 Å². The number of halogens is 1. The molecule has 0 N–H and O–H groups in total. The van der Waals surface area contributed by atoms with Gasteiger partial charge in [-0.15, -0.1) is 0 Å². The number of aromatic nitrogens is 6. The van der Waals surface area contributed by atoms with Crippen LogP contribution in [0.3, 0.4) is 0 Å². The van der Waals surface area contributed by atoms with Crippen molar-refractivity contribution in [3.8, 4) is 22.8 Å². The summed E-state index contributed by atoms with van der Waals surface area (Å²) in [5.41, 5.74) is 4.87. The van der Waals surface area contributed by atoms with Crippen LogP contribution in [-0.2, 0) is 11.5 Å². The second-order valence-electron chi connectivity index (χ2n) is 13.7. The highest BCUT2D eigenvalue weighted by Crippen LogP contribution is 2.37. The maximum absolute atomic E-state index is 6.92. The van der Waals surface area contributed by atoms with Crippen LogP contribution in [0.5, 0.6) is 11.5 Å². The number of hydrogen-bond acceptors (Lipinski definition) is 7. The number of ether oxygens (including phenoxy) is 2. The average molecular weight is 644 g/mol. The van der Waals surface area contributed by atoms with Gasteiger partial charge in [0, 0.05) is 38.5 Å². The summed E-state index contributed by atoms with van der Waals surface area (Å²) in [6, 6.07) is 11.9. The molecule has 0 radical (unpaired) electrons. The summed E-state index contributed by atoms with van der Waals surface area (Å²) in [7, 11) is -1.16. The Morgan fingerprint density at radius 3 is 2.49 bits per heavy atom. The molecule has 1 saturated heterocycles. The van der Waals surface area contributed by atoms with E-state index in [1.54, 1.807) is 6.20 Å². The van der Waals surface area contributed by atoms with Crippen LogP contribution in [0.25, 0.3) is 33.3 Å². The Balaban J connectivity index is 1.08. The lowest BCUT2D eigenvalue weighted by atomic mass is 9.89. The fraction of sp³-hybridized carbons (Fsp3) is 0.471. The number of fused-ring (bicyclic) bond motifs is 2. The average Bonchev–Trinajstić information content (AvgIpc) is 3.60. The second kappa shape index (κ2) is 12.5. The first kappa shape index (κ1) is 30.3. The van der Waals surface area contributed by atoms with Gasteiger partial charge in [0.05, 0.1) is 40.7 Å². The van der Waals surface area contributed by atoms with Crippen molar-refractivity contribution in [2.75, 3.05) is 19.7 Å². The van der Waals surface area contributed by atoms with Crippen LogP contribution in [0.1, 0.15) is 44.0 Å². The monoisotopic (exact) mass is 643 g/mol. The van der Waals surface area contributed by atoms with E-state index in [9.17, 15) is 0 Å². The van der Waals surface area contributed by atoms with Gasteiger partial charge in [-0.1, -0.05) is 31.2 Å². The van der Waals surface area contributed by atoms with Gasteiger partial charge in [0.15, 0.2) is 0 Å². The maximum Gasteiger partial charge on any atom is 0.148 e. The molecule has 1 saturated carbocycles. The Morgan fingerprint density at radius 1 is 0.956 bits per heavy atom. The van der Waals surface area contributed by atoms with E-state index in [1.807, 2.05) is 43.5 Å². The van der Waals surface area contributed by atoms with E-state index < -0.39 is 8.07 Å². The predicted molar refractivity (Wildman–Crippen MR) is 182 cm³/mol. The first-order valence-electron chi connectivity index (χ1n) is 16.2. The van der Waals surface area contributed by atoms with Crippen molar-refractivity contribution >= 4 is 41.7 Å². The maximum atomic E-state index is 6.92. The summed E-state index contributed by atoms with van der Waals surface area (Å²) < 4.78 is 16.6. The molecule has 0 atom stereocenters. The molecule has 2 aromatic carbocycles. The lowest BCUT2D eigenvalue weighted by Gasteiger charge is -2.42. The third-order valence-corrected chi connectivity index (χ3v) is 11.4. The number of aryl methyl sites for hydroxylation is 1. The topological polar surface area (TPSA) is 83.1 Å². The molecule has 2 fully saturated rings. The minimum atomic E-state index is -1.16. The van der Waals surface area contributed by atoms with Crippen molar-refractivity contribution in [1.82, 2.24) is 34.2 Å². The molecule has 0 amide bonds. The van der Waals surface area contributed by atoms with Crippen LogP contribution in [0.4, 0.5) is 0 Å². The lowest BCUT2D eigenvalue weighted by Crippen LogP contribution is -2.46. The minimum absolute atomic E-state index is 0.429. The fourth-order valence-corrected chi connectivity index (χ4v) is 7.42. The highest BCUT2D eigenvalue weighted by molar-refractivity contribution is 6.76. The van der Waals surface area contributed by atoms with E-state index in [4.69, 9.17) is 36.1 Å². The highest BCUT2D eigenvalue weighted by Gasteiger charge is 2.29. The molecule has 236 valence electrons. The van der Waals surface area contributed by atoms with Crippen LogP contribution in [0, 0.1) is 6.92 Å². The Hall–Kier alpha value is -3.31. The van der Waals surface area contributed by atoms with Crippen molar-refractivity contribution in [2.24, 2.45) is 0 Å². The Labute approximate surface area is 270 Å². The van der Waals surface area contributed by atoms with Crippen LogP contribution >= 0.6 is 11.6 Å². The molecule has 0 spiro atoms. The quantitative estimate of drug-likeness (QED) is 0.112. The normalized spacial score (nSPS) is 19.3. The molecule has 2 aliphatic rings.